The van der Waals surface area contributed by atoms with Crippen LogP contribution in [0.25, 0.3) is 22.2 Å². The molecule has 4 aromatic carbocycles. The van der Waals surface area contributed by atoms with Crippen LogP contribution in [0.1, 0.15) is 29.2 Å². The van der Waals surface area contributed by atoms with E-state index in [1.54, 1.807) is 6.92 Å². The number of nitrogens with zero attached hydrogens (tertiary/aromatic N) is 2. The van der Waals surface area contributed by atoms with Gasteiger partial charge in [0.15, 0.2) is 0 Å². The summed E-state index contributed by atoms with van der Waals surface area (Å²) in [6.07, 6.45) is 0. The highest BCUT2D eigenvalue weighted by Crippen LogP contribution is 2.30. The van der Waals surface area contributed by atoms with E-state index in [0.717, 1.165) is 27.8 Å². The van der Waals surface area contributed by atoms with Crippen LogP contribution >= 0.6 is 12.4 Å². The van der Waals surface area contributed by atoms with Gasteiger partial charge in [-0.05, 0) is 58.5 Å². The van der Waals surface area contributed by atoms with Crippen LogP contribution in [0.2, 0.25) is 0 Å². The molecule has 9 nitrogen and oxygen atoms in total. The Morgan fingerprint density at radius 2 is 1.67 bits per heavy atom. The number of carbonyl (C=O) groups excluding carboxylic acids is 1. The molecule has 1 atom stereocenters. The number of hydrogen-bond acceptors (Lipinski definition) is 9. The van der Waals surface area contributed by atoms with Crippen molar-refractivity contribution >= 4 is 29.4 Å². The normalized spacial score (nSPS) is 11.5. The molecule has 0 aliphatic carbocycles. The van der Waals surface area contributed by atoms with Crippen molar-refractivity contribution in [2.45, 2.75) is 39.6 Å². The predicted octanol–water partition coefficient (Wildman–Crippen LogP) is 5.79. The maximum absolute atomic E-state index is 12.2. The molecule has 1 unspecified atom stereocenters. The lowest BCUT2D eigenvalue weighted by atomic mass is 9.97. The van der Waals surface area contributed by atoms with Gasteiger partial charge in [0.1, 0.15) is 41.8 Å². The van der Waals surface area contributed by atoms with E-state index in [2.05, 4.69) is 46.8 Å². The summed E-state index contributed by atoms with van der Waals surface area (Å²) in [5, 5.41) is 20.7. The largest absolute Gasteiger partial charge is 0.489 e. The summed E-state index contributed by atoms with van der Waals surface area (Å²) >= 11 is 0. The van der Waals surface area contributed by atoms with E-state index in [9.17, 15) is 9.90 Å². The van der Waals surface area contributed by atoms with E-state index in [4.69, 9.17) is 18.8 Å². The third-order valence-corrected chi connectivity index (χ3v) is 7.01. The quantitative estimate of drug-likeness (QED) is 0.161. The molecule has 0 saturated carbocycles. The molecule has 0 amide bonds. The van der Waals surface area contributed by atoms with Crippen molar-refractivity contribution in [1.82, 2.24) is 15.6 Å². The third kappa shape index (κ3) is 7.70. The zero-order valence-corrected chi connectivity index (χ0v) is 24.8. The molecule has 0 fully saturated rings. The van der Waals surface area contributed by atoms with Gasteiger partial charge in [-0.25, -0.2) is 4.63 Å². The van der Waals surface area contributed by atoms with Crippen molar-refractivity contribution < 1.29 is 28.7 Å². The number of esters is 1. The van der Waals surface area contributed by atoms with E-state index in [1.807, 2.05) is 60.7 Å². The van der Waals surface area contributed by atoms with Crippen molar-refractivity contribution in [3.8, 4) is 22.6 Å². The number of hydrogen-bond donors (Lipinski definition) is 2. The molecule has 0 aliphatic rings. The predicted molar refractivity (Wildman–Crippen MR) is 165 cm³/mol. The zero-order chi connectivity index (χ0) is 29.3. The minimum atomic E-state index is -0.858. The first-order chi connectivity index (χ1) is 20.6. The van der Waals surface area contributed by atoms with Gasteiger partial charge in [0.2, 0.25) is 0 Å². The fraction of sp³-hybridized carbons (Fsp3) is 0.242. The number of rotatable bonds is 13. The molecule has 10 heteroatoms. The Hall–Kier alpha value is -4.44. The summed E-state index contributed by atoms with van der Waals surface area (Å²) in [5.41, 5.74) is 7.41. The lowest BCUT2D eigenvalue weighted by molar-refractivity contribution is -0.146. The topological polar surface area (TPSA) is 116 Å². The molecule has 0 spiro atoms. The summed E-state index contributed by atoms with van der Waals surface area (Å²) in [6.45, 7) is 4.51. The average molecular weight is 604 g/mol. The number of ether oxygens (including phenoxy) is 3. The Morgan fingerprint density at radius 3 is 2.47 bits per heavy atom. The van der Waals surface area contributed by atoms with Gasteiger partial charge in [-0.3, -0.25) is 10.1 Å². The molecular formula is C33H34ClN3O6. The lowest BCUT2D eigenvalue weighted by Gasteiger charge is -2.18. The number of aromatic nitrogens is 2. The van der Waals surface area contributed by atoms with E-state index >= 15 is 0 Å². The number of aliphatic hydroxyl groups excluding tert-OH is 1. The summed E-state index contributed by atoms with van der Waals surface area (Å²) < 4.78 is 22.4. The molecular weight excluding hydrogens is 570 g/mol. The van der Waals surface area contributed by atoms with Crippen LogP contribution in [0.15, 0.2) is 89.6 Å². The van der Waals surface area contributed by atoms with Gasteiger partial charge in [0.05, 0.1) is 13.2 Å². The number of benzene rings is 4. The Morgan fingerprint density at radius 1 is 0.907 bits per heavy atom. The lowest BCUT2D eigenvalue weighted by Crippen LogP contribution is -2.40. The van der Waals surface area contributed by atoms with Crippen molar-refractivity contribution in [2.24, 2.45) is 0 Å². The maximum atomic E-state index is 12.2. The Bertz CT molecular complexity index is 1640. The fourth-order valence-corrected chi connectivity index (χ4v) is 4.67. The third-order valence-electron chi connectivity index (χ3n) is 7.01. The van der Waals surface area contributed by atoms with Gasteiger partial charge in [0.25, 0.3) is 0 Å². The highest BCUT2D eigenvalue weighted by molar-refractivity contribution is 5.85. The van der Waals surface area contributed by atoms with Crippen molar-refractivity contribution in [3.63, 3.8) is 0 Å². The Kier molecular flexibility index (Phi) is 11.1. The fourth-order valence-electron chi connectivity index (χ4n) is 4.67. The first kappa shape index (κ1) is 31.5. The van der Waals surface area contributed by atoms with Gasteiger partial charge in [0, 0.05) is 23.7 Å². The molecule has 5 rings (SSSR count). The zero-order valence-electron chi connectivity index (χ0n) is 24.0. The van der Waals surface area contributed by atoms with Crippen molar-refractivity contribution in [3.05, 3.63) is 107 Å². The molecule has 0 saturated heterocycles. The molecule has 224 valence electrons. The van der Waals surface area contributed by atoms with Gasteiger partial charge < -0.3 is 19.3 Å². The molecule has 1 aromatic heterocycles. The number of nitrogens with one attached hydrogen (secondary N) is 1. The van der Waals surface area contributed by atoms with Crippen LogP contribution in [0.4, 0.5) is 0 Å². The van der Waals surface area contributed by atoms with Gasteiger partial charge in [-0.15, -0.1) is 12.4 Å². The number of halogens is 1. The van der Waals surface area contributed by atoms with E-state index in [-0.39, 0.29) is 32.2 Å². The van der Waals surface area contributed by atoms with Crippen LogP contribution in [-0.2, 0) is 29.3 Å². The summed E-state index contributed by atoms with van der Waals surface area (Å²) in [4.78, 5) is 12.2. The number of fused-ring (bicyclic) bond motifs is 1. The molecule has 1 heterocycles. The second-order valence-electron chi connectivity index (χ2n) is 9.72. The van der Waals surface area contributed by atoms with E-state index in [0.29, 0.717) is 29.1 Å². The summed E-state index contributed by atoms with van der Waals surface area (Å²) in [5.74, 6) is 0.674. The second kappa shape index (κ2) is 15.2. The molecule has 0 radical (unpaired) electrons. The van der Waals surface area contributed by atoms with Crippen molar-refractivity contribution in [2.75, 3.05) is 13.2 Å². The average Bonchev–Trinajstić information content (AvgIpc) is 3.51. The Labute approximate surface area is 256 Å². The number of aliphatic hydroxyl groups is 1. The highest BCUT2D eigenvalue weighted by atomic mass is 35.5. The molecule has 2 N–H and O–H groups in total. The molecule has 5 aromatic rings. The smallest absolute Gasteiger partial charge is 0.325 e. The SMILES string of the molecule is CCOC(=O)C(CO)NCc1ccc(OCc2cccc(-c3ccccc3)c2C)cc1OCc1cccc2nonc12.Cl. The standard InChI is InChI=1S/C33H33N3O6.ClH/c1-3-39-33(38)30(19-37)34-18-24-15-16-27(17-31(24)41-21-26-12-8-14-29-32(26)36-42-35-29)40-20-25-11-7-13-28(22(25)2)23-9-5-4-6-10-23;/h4-17,30,34,37H,3,18-21H2,1-2H3;1H. The second-order valence-corrected chi connectivity index (χ2v) is 9.72. The minimum Gasteiger partial charge on any atom is -0.489 e. The van der Waals surface area contributed by atoms with Gasteiger partial charge in [-0.2, -0.15) is 0 Å². The maximum Gasteiger partial charge on any atom is 0.325 e. The van der Waals surface area contributed by atoms with Gasteiger partial charge in [-0.1, -0.05) is 66.7 Å². The summed E-state index contributed by atoms with van der Waals surface area (Å²) in [7, 11) is 0. The van der Waals surface area contributed by atoms with Crippen LogP contribution in [0.3, 0.4) is 0 Å². The van der Waals surface area contributed by atoms with Crippen molar-refractivity contribution in [1.29, 1.82) is 0 Å². The first-order valence-corrected chi connectivity index (χ1v) is 13.8. The molecule has 0 bridgehead atoms. The molecule has 0 aliphatic heterocycles. The van der Waals surface area contributed by atoms with E-state index in [1.165, 1.54) is 5.56 Å². The van der Waals surface area contributed by atoms with Crippen LogP contribution < -0.4 is 14.8 Å². The molecule has 43 heavy (non-hydrogen) atoms. The first-order valence-electron chi connectivity index (χ1n) is 13.8. The minimum absolute atomic E-state index is 0. The Balaban J connectivity index is 0.00000423. The van der Waals surface area contributed by atoms with Crippen LogP contribution in [0, 0.1) is 6.92 Å². The van der Waals surface area contributed by atoms with Gasteiger partial charge >= 0.3 is 5.97 Å². The monoisotopic (exact) mass is 603 g/mol. The summed E-state index contributed by atoms with van der Waals surface area (Å²) in [6, 6.07) is 26.8. The van der Waals surface area contributed by atoms with Crippen LogP contribution in [-0.4, -0.2) is 40.6 Å². The highest BCUT2D eigenvalue weighted by Gasteiger charge is 2.19. The number of carbonyl (C=O) groups is 1. The van der Waals surface area contributed by atoms with E-state index < -0.39 is 18.6 Å². The van der Waals surface area contributed by atoms with Crippen LogP contribution in [0.5, 0.6) is 11.5 Å².